The van der Waals surface area contributed by atoms with Crippen molar-refractivity contribution < 1.29 is 13.2 Å². The number of aromatic amines is 1. The topological polar surface area (TPSA) is 75.3 Å². The van der Waals surface area contributed by atoms with E-state index >= 15 is 0 Å². The van der Waals surface area contributed by atoms with E-state index in [0.717, 1.165) is 30.6 Å². The lowest BCUT2D eigenvalue weighted by Gasteiger charge is -2.25. The third-order valence-electron chi connectivity index (χ3n) is 4.75. The van der Waals surface area contributed by atoms with Crippen molar-refractivity contribution in [3.8, 4) is 17.1 Å². The molecule has 0 amide bonds. The van der Waals surface area contributed by atoms with Gasteiger partial charge in [-0.15, -0.1) is 0 Å². The Morgan fingerprint density at radius 3 is 2.62 bits per heavy atom. The number of nitrogens with zero attached hydrogens (tertiary/aromatic N) is 2. The normalized spacial score (nSPS) is 16.0. The standard InChI is InChI=1S/C19H21N3O3S/c1-25-15-8-5-7-14(13-15)19-20-16-9-6-10-17(18(16)21-19)26(23,24)22-11-3-2-4-12-22/h5-10,13H,2-4,11-12H2,1H3,(H,20,21). The highest BCUT2D eigenvalue weighted by Crippen LogP contribution is 2.29. The predicted octanol–water partition coefficient (Wildman–Crippen LogP) is 3.41. The van der Waals surface area contributed by atoms with Crippen LogP contribution in [0, 0.1) is 0 Å². The van der Waals surface area contributed by atoms with E-state index in [2.05, 4.69) is 9.97 Å². The molecule has 4 rings (SSSR count). The van der Waals surface area contributed by atoms with E-state index in [9.17, 15) is 8.42 Å². The van der Waals surface area contributed by atoms with Crippen molar-refractivity contribution in [2.75, 3.05) is 20.2 Å². The molecule has 0 atom stereocenters. The van der Waals surface area contributed by atoms with E-state index < -0.39 is 10.0 Å². The number of para-hydroxylation sites is 1. The highest BCUT2D eigenvalue weighted by Gasteiger charge is 2.28. The van der Waals surface area contributed by atoms with Crippen LogP contribution in [-0.2, 0) is 10.0 Å². The van der Waals surface area contributed by atoms with E-state index in [4.69, 9.17) is 4.74 Å². The summed E-state index contributed by atoms with van der Waals surface area (Å²) in [6.45, 7) is 1.15. The van der Waals surface area contributed by atoms with E-state index in [1.807, 2.05) is 30.3 Å². The van der Waals surface area contributed by atoms with Crippen molar-refractivity contribution in [1.82, 2.24) is 14.3 Å². The Labute approximate surface area is 152 Å². The molecule has 1 aliphatic heterocycles. The number of sulfonamides is 1. The number of imidazole rings is 1. The van der Waals surface area contributed by atoms with Crippen LogP contribution in [-0.4, -0.2) is 42.9 Å². The number of fused-ring (bicyclic) bond motifs is 1. The lowest BCUT2D eigenvalue weighted by atomic mass is 10.2. The van der Waals surface area contributed by atoms with E-state index in [1.165, 1.54) is 0 Å². The van der Waals surface area contributed by atoms with Gasteiger partial charge in [0, 0.05) is 18.7 Å². The molecule has 136 valence electrons. The van der Waals surface area contributed by atoms with E-state index in [1.54, 1.807) is 23.5 Å². The fourth-order valence-electron chi connectivity index (χ4n) is 3.37. The second-order valence-corrected chi connectivity index (χ2v) is 8.34. The number of rotatable bonds is 4. The van der Waals surface area contributed by atoms with Gasteiger partial charge in [0.2, 0.25) is 10.0 Å². The summed E-state index contributed by atoms with van der Waals surface area (Å²) in [6, 6.07) is 12.8. The minimum absolute atomic E-state index is 0.266. The summed E-state index contributed by atoms with van der Waals surface area (Å²) in [5, 5.41) is 0. The minimum atomic E-state index is -3.54. The smallest absolute Gasteiger partial charge is 0.245 e. The molecule has 1 saturated heterocycles. The summed E-state index contributed by atoms with van der Waals surface area (Å²) < 4.78 is 33.0. The first-order valence-corrected chi connectivity index (χ1v) is 10.2. The largest absolute Gasteiger partial charge is 0.497 e. The Bertz CT molecular complexity index is 1040. The van der Waals surface area contributed by atoms with Crippen LogP contribution < -0.4 is 4.74 Å². The molecule has 0 unspecified atom stereocenters. The van der Waals surface area contributed by atoms with Crippen molar-refractivity contribution in [3.63, 3.8) is 0 Å². The van der Waals surface area contributed by atoms with Crippen LogP contribution in [0.1, 0.15) is 19.3 Å². The maximum atomic E-state index is 13.1. The van der Waals surface area contributed by atoms with Crippen LogP contribution in [0.2, 0.25) is 0 Å². The number of nitrogens with one attached hydrogen (secondary N) is 1. The number of methoxy groups -OCH3 is 1. The molecule has 0 aliphatic carbocycles. The Kier molecular flexibility index (Phi) is 4.42. The lowest BCUT2D eigenvalue weighted by molar-refractivity contribution is 0.347. The molecular formula is C19H21N3O3S. The first-order chi connectivity index (χ1) is 12.6. The second-order valence-electron chi connectivity index (χ2n) is 6.43. The Balaban J connectivity index is 1.81. The number of benzene rings is 2. The Morgan fingerprint density at radius 2 is 1.85 bits per heavy atom. The summed E-state index contributed by atoms with van der Waals surface area (Å²) >= 11 is 0. The molecule has 6 nitrogen and oxygen atoms in total. The molecule has 0 bridgehead atoms. The molecule has 7 heteroatoms. The average molecular weight is 371 g/mol. The van der Waals surface area contributed by atoms with Crippen LogP contribution in [0.15, 0.2) is 47.4 Å². The first-order valence-electron chi connectivity index (χ1n) is 8.73. The number of ether oxygens (including phenoxy) is 1. The van der Waals surface area contributed by atoms with Gasteiger partial charge in [0.1, 0.15) is 22.0 Å². The molecule has 26 heavy (non-hydrogen) atoms. The van der Waals surface area contributed by atoms with Crippen molar-refractivity contribution in [3.05, 3.63) is 42.5 Å². The molecule has 2 heterocycles. The summed E-state index contributed by atoms with van der Waals surface area (Å²) in [4.78, 5) is 8.10. The number of hydrogen-bond acceptors (Lipinski definition) is 4. The van der Waals surface area contributed by atoms with Crippen LogP contribution in [0.3, 0.4) is 0 Å². The Morgan fingerprint density at radius 1 is 1.08 bits per heavy atom. The second kappa shape index (κ2) is 6.74. The maximum absolute atomic E-state index is 13.1. The zero-order chi connectivity index (χ0) is 18.1. The summed E-state index contributed by atoms with van der Waals surface area (Å²) in [7, 11) is -1.93. The van der Waals surface area contributed by atoms with Crippen LogP contribution in [0.5, 0.6) is 5.75 Å². The zero-order valence-corrected chi connectivity index (χ0v) is 15.4. The quantitative estimate of drug-likeness (QED) is 0.762. The van der Waals surface area contributed by atoms with Gasteiger partial charge in [-0.3, -0.25) is 0 Å². The third-order valence-corrected chi connectivity index (χ3v) is 6.68. The van der Waals surface area contributed by atoms with Crippen LogP contribution in [0.4, 0.5) is 0 Å². The molecular weight excluding hydrogens is 350 g/mol. The van der Waals surface area contributed by atoms with E-state index in [-0.39, 0.29) is 4.90 Å². The van der Waals surface area contributed by atoms with Gasteiger partial charge in [0.25, 0.3) is 0 Å². The third kappa shape index (κ3) is 2.97. The van der Waals surface area contributed by atoms with Gasteiger partial charge in [-0.1, -0.05) is 24.6 Å². The molecule has 3 aromatic rings. The minimum Gasteiger partial charge on any atom is -0.497 e. The summed E-state index contributed by atoms with van der Waals surface area (Å²) in [5.74, 6) is 1.35. The lowest BCUT2D eigenvalue weighted by Crippen LogP contribution is -2.35. The number of hydrogen-bond donors (Lipinski definition) is 1. The van der Waals surface area contributed by atoms with Gasteiger partial charge in [-0.25, -0.2) is 13.4 Å². The SMILES string of the molecule is COc1cccc(-c2nc3c(S(=O)(=O)N4CCCCC4)cccc3[nH]2)c1. The summed E-state index contributed by atoms with van der Waals surface area (Å²) in [5.41, 5.74) is 2.04. The molecule has 0 radical (unpaired) electrons. The maximum Gasteiger partial charge on any atom is 0.245 e. The van der Waals surface area contributed by atoms with Crippen LogP contribution >= 0.6 is 0 Å². The van der Waals surface area contributed by atoms with Gasteiger partial charge < -0.3 is 9.72 Å². The Hall–Kier alpha value is -2.38. The van der Waals surface area contributed by atoms with Crippen molar-refractivity contribution in [2.24, 2.45) is 0 Å². The molecule has 0 spiro atoms. The van der Waals surface area contributed by atoms with Crippen molar-refractivity contribution in [1.29, 1.82) is 0 Å². The molecule has 2 aromatic carbocycles. The van der Waals surface area contributed by atoms with Gasteiger partial charge in [-0.2, -0.15) is 4.31 Å². The number of piperidine rings is 1. The van der Waals surface area contributed by atoms with E-state index in [0.29, 0.717) is 29.9 Å². The predicted molar refractivity (Wildman–Crippen MR) is 101 cm³/mol. The molecule has 0 saturated carbocycles. The number of H-pyrrole nitrogens is 1. The van der Waals surface area contributed by atoms with Crippen molar-refractivity contribution in [2.45, 2.75) is 24.2 Å². The highest BCUT2D eigenvalue weighted by molar-refractivity contribution is 7.89. The van der Waals surface area contributed by atoms with Gasteiger partial charge in [0.15, 0.2) is 0 Å². The molecule has 1 aromatic heterocycles. The highest BCUT2D eigenvalue weighted by atomic mass is 32.2. The van der Waals surface area contributed by atoms with Gasteiger partial charge >= 0.3 is 0 Å². The first kappa shape index (κ1) is 17.1. The van der Waals surface area contributed by atoms with Crippen molar-refractivity contribution >= 4 is 21.1 Å². The fourth-order valence-corrected chi connectivity index (χ4v) is 5.03. The fraction of sp³-hybridized carbons (Fsp3) is 0.316. The van der Waals surface area contributed by atoms with Gasteiger partial charge in [-0.05, 0) is 37.1 Å². The number of aromatic nitrogens is 2. The molecule has 1 N–H and O–H groups in total. The average Bonchev–Trinajstić information content (AvgIpc) is 3.13. The zero-order valence-electron chi connectivity index (χ0n) is 14.6. The summed E-state index contributed by atoms with van der Waals surface area (Å²) in [6.07, 6.45) is 2.90. The molecule has 1 aliphatic rings. The van der Waals surface area contributed by atoms with Gasteiger partial charge in [0.05, 0.1) is 12.6 Å². The van der Waals surface area contributed by atoms with Crippen LogP contribution in [0.25, 0.3) is 22.4 Å². The monoisotopic (exact) mass is 371 g/mol. The molecule has 1 fully saturated rings.